The summed E-state index contributed by atoms with van der Waals surface area (Å²) in [5.41, 5.74) is -0.647. The molecule has 0 saturated heterocycles. The molecule has 3 heteroatoms. The molecule has 2 N–H and O–H groups in total. The van der Waals surface area contributed by atoms with E-state index >= 15 is 0 Å². The summed E-state index contributed by atoms with van der Waals surface area (Å²) < 4.78 is 0. The lowest BCUT2D eigenvalue weighted by molar-refractivity contribution is -0.123. The van der Waals surface area contributed by atoms with E-state index < -0.39 is 5.60 Å². The molecule has 0 aromatic heterocycles. The highest BCUT2D eigenvalue weighted by molar-refractivity contribution is 5.75. The monoisotopic (exact) mass is 255 g/mol. The minimum atomic E-state index is -0.647. The molecule has 0 aliphatic heterocycles. The van der Waals surface area contributed by atoms with Crippen LogP contribution in [-0.4, -0.2) is 23.2 Å². The van der Waals surface area contributed by atoms with Crippen LogP contribution in [0, 0.1) is 5.92 Å². The molecule has 1 aliphatic rings. The van der Waals surface area contributed by atoms with Gasteiger partial charge in [-0.05, 0) is 38.0 Å². The van der Waals surface area contributed by atoms with Crippen molar-refractivity contribution in [3.05, 3.63) is 0 Å². The highest BCUT2D eigenvalue weighted by atomic mass is 16.3. The molecule has 0 bridgehead atoms. The fourth-order valence-corrected chi connectivity index (χ4v) is 2.54. The third kappa shape index (κ3) is 5.85. The summed E-state index contributed by atoms with van der Waals surface area (Å²) in [5, 5.41) is 13.2. The number of nitrogens with one attached hydrogen (secondary N) is 1. The lowest BCUT2D eigenvalue weighted by atomic mass is 9.79. The highest BCUT2D eigenvalue weighted by Crippen LogP contribution is 2.31. The van der Waals surface area contributed by atoms with Crippen molar-refractivity contribution >= 4 is 5.91 Å². The van der Waals surface area contributed by atoms with Crippen molar-refractivity contribution in [1.82, 2.24) is 5.32 Å². The van der Waals surface area contributed by atoms with E-state index in [9.17, 15) is 9.90 Å². The van der Waals surface area contributed by atoms with Crippen LogP contribution in [-0.2, 0) is 4.79 Å². The van der Waals surface area contributed by atoms with E-state index in [0.717, 1.165) is 44.4 Å². The van der Waals surface area contributed by atoms with Crippen LogP contribution in [0.25, 0.3) is 0 Å². The summed E-state index contributed by atoms with van der Waals surface area (Å²) in [6.45, 7) is 4.83. The Bertz CT molecular complexity index is 245. The molecule has 18 heavy (non-hydrogen) atoms. The third-order valence-corrected chi connectivity index (χ3v) is 4.08. The predicted octanol–water partition coefficient (Wildman–Crippen LogP) is 3.01. The number of rotatable bonds is 7. The van der Waals surface area contributed by atoms with Gasteiger partial charge in [0.05, 0.1) is 5.60 Å². The summed E-state index contributed by atoms with van der Waals surface area (Å²) in [7, 11) is 0. The van der Waals surface area contributed by atoms with Gasteiger partial charge in [0.1, 0.15) is 0 Å². The largest absolute Gasteiger partial charge is 0.388 e. The van der Waals surface area contributed by atoms with Gasteiger partial charge in [-0.1, -0.05) is 33.1 Å². The third-order valence-electron chi connectivity index (χ3n) is 4.08. The lowest BCUT2D eigenvalue weighted by Crippen LogP contribution is -2.45. The molecule has 0 aromatic carbocycles. The molecule has 0 radical (unpaired) electrons. The summed E-state index contributed by atoms with van der Waals surface area (Å²) in [6, 6.07) is 0. The SMILES string of the molecule is CCCCCCC(=O)NCC1(O)CCC(C)CC1. The zero-order valence-electron chi connectivity index (χ0n) is 12.0. The van der Waals surface area contributed by atoms with Crippen LogP contribution in [0.3, 0.4) is 0 Å². The van der Waals surface area contributed by atoms with Gasteiger partial charge in [0.2, 0.25) is 5.91 Å². The van der Waals surface area contributed by atoms with Crippen molar-refractivity contribution in [2.75, 3.05) is 6.54 Å². The number of aliphatic hydroxyl groups is 1. The fraction of sp³-hybridized carbons (Fsp3) is 0.933. The predicted molar refractivity (Wildman–Crippen MR) is 74.4 cm³/mol. The van der Waals surface area contributed by atoms with Crippen molar-refractivity contribution in [2.24, 2.45) is 5.92 Å². The molecule has 1 amide bonds. The zero-order valence-corrected chi connectivity index (χ0v) is 12.0. The molecule has 0 heterocycles. The smallest absolute Gasteiger partial charge is 0.220 e. The molecule has 1 aliphatic carbocycles. The van der Waals surface area contributed by atoms with E-state index in [1.807, 2.05) is 0 Å². The molecule has 1 saturated carbocycles. The van der Waals surface area contributed by atoms with Crippen LogP contribution in [0.5, 0.6) is 0 Å². The van der Waals surface area contributed by atoms with Crippen molar-refractivity contribution < 1.29 is 9.90 Å². The first kappa shape index (κ1) is 15.5. The maximum atomic E-state index is 11.6. The molecule has 0 aromatic rings. The number of hydrogen-bond donors (Lipinski definition) is 2. The lowest BCUT2D eigenvalue weighted by Gasteiger charge is -2.34. The summed E-state index contributed by atoms with van der Waals surface area (Å²) in [6.07, 6.45) is 8.89. The van der Waals surface area contributed by atoms with Gasteiger partial charge in [-0.2, -0.15) is 0 Å². The Labute approximate surface area is 111 Å². The first-order valence-electron chi connectivity index (χ1n) is 7.55. The van der Waals surface area contributed by atoms with E-state index in [1.165, 1.54) is 12.8 Å². The second-order valence-corrected chi connectivity index (χ2v) is 5.99. The topological polar surface area (TPSA) is 49.3 Å². The Morgan fingerprint density at radius 3 is 2.56 bits per heavy atom. The average molecular weight is 255 g/mol. The minimum absolute atomic E-state index is 0.0955. The van der Waals surface area contributed by atoms with Crippen molar-refractivity contribution in [3.8, 4) is 0 Å². The highest BCUT2D eigenvalue weighted by Gasteiger charge is 2.31. The first-order chi connectivity index (χ1) is 8.56. The molecule has 1 rings (SSSR count). The van der Waals surface area contributed by atoms with Gasteiger partial charge in [-0.15, -0.1) is 0 Å². The maximum Gasteiger partial charge on any atom is 0.220 e. The number of carbonyl (C=O) groups excluding carboxylic acids is 1. The van der Waals surface area contributed by atoms with Gasteiger partial charge >= 0.3 is 0 Å². The summed E-state index contributed by atoms with van der Waals surface area (Å²) >= 11 is 0. The van der Waals surface area contributed by atoms with Gasteiger partial charge in [-0.25, -0.2) is 0 Å². The van der Waals surface area contributed by atoms with Crippen LogP contribution in [0.4, 0.5) is 0 Å². The standard InChI is InChI=1S/C15H29NO2/c1-3-4-5-6-7-14(17)16-12-15(18)10-8-13(2)9-11-15/h13,18H,3-12H2,1-2H3,(H,16,17). The van der Waals surface area contributed by atoms with Gasteiger partial charge in [0, 0.05) is 13.0 Å². The Hall–Kier alpha value is -0.570. The number of amides is 1. The molecular formula is C15H29NO2. The molecular weight excluding hydrogens is 226 g/mol. The van der Waals surface area contributed by atoms with E-state index in [-0.39, 0.29) is 5.91 Å². The van der Waals surface area contributed by atoms with E-state index in [2.05, 4.69) is 19.2 Å². The normalized spacial score (nSPS) is 28.1. The minimum Gasteiger partial charge on any atom is -0.388 e. The Morgan fingerprint density at radius 1 is 1.28 bits per heavy atom. The Morgan fingerprint density at radius 2 is 1.94 bits per heavy atom. The van der Waals surface area contributed by atoms with Gasteiger partial charge in [0.15, 0.2) is 0 Å². The van der Waals surface area contributed by atoms with E-state index in [1.54, 1.807) is 0 Å². The second kappa shape index (κ2) is 7.78. The first-order valence-corrected chi connectivity index (χ1v) is 7.55. The Balaban J connectivity index is 2.13. The molecule has 1 fully saturated rings. The van der Waals surface area contributed by atoms with Gasteiger partial charge < -0.3 is 10.4 Å². The number of hydrogen-bond acceptors (Lipinski definition) is 2. The number of unbranched alkanes of at least 4 members (excludes halogenated alkanes) is 3. The molecule has 3 nitrogen and oxygen atoms in total. The molecule has 0 spiro atoms. The molecule has 0 unspecified atom stereocenters. The number of carbonyl (C=O) groups is 1. The molecule has 0 atom stereocenters. The second-order valence-electron chi connectivity index (χ2n) is 5.99. The summed E-state index contributed by atoms with van der Waals surface area (Å²) in [5.74, 6) is 0.813. The quantitative estimate of drug-likeness (QED) is 0.687. The zero-order chi connectivity index (χ0) is 13.4. The average Bonchev–Trinajstić information content (AvgIpc) is 2.36. The van der Waals surface area contributed by atoms with Crippen LogP contribution < -0.4 is 5.32 Å². The van der Waals surface area contributed by atoms with Crippen molar-refractivity contribution in [1.29, 1.82) is 0 Å². The van der Waals surface area contributed by atoms with Crippen LogP contribution >= 0.6 is 0 Å². The van der Waals surface area contributed by atoms with Crippen molar-refractivity contribution in [3.63, 3.8) is 0 Å². The van der Waals surface area contributed by atoms with Crippen molar-refractivity contribution in [2.45, 2.75) is 77.2 Å². The van der Waals surface area contributed by atoms with Crippen LogP contribution in [0.2, 0.25) is 0 Å². The van der Waals surface area contributed by atoms with Gasteiger partial charge in [0.25, 0.3) is 0 Å². The molecule has 106 valence electrons. The maximum absolute atomic E-state index is 11.6. The van der Waals surface area contributed by atoms with E-state index in [4.69, 9.17) is 0 Å². The van der Waals surface area contributed by atoms with Crippen LogP contribution in [0.1, 0.15) is 71.6 Å². The fourth-order valence-electron chi connectivity index (χ4n) is 2.54. The van der Waals surface area contributed by atoms with E-state index in [0.29, 0.717) is 13.0 Å². The van der Waals surface area contributed by atoms with Crippen LogP contribution in [0.15, 0.2) is 0 Å². The van der Waals surface area contributed by atoms with Gasteiger partial charge in [-0.3, -0.25) is 4.79 Å². The Kier molecular flexibility index (Phi) is 6.69. The summed E-state index contributed by atoms with van der Waals surface area (Å²) in [4.78, 5) is 11.6.